The first-order chi connectivity index (χ1) is 10.4. The monoisotopic (exact) mass is 282 g/mol. The van der Waals surface area contributed by atoms with Crippen LogP contribution in [0.25, 0.3) is 0 Å². The molecule has 1 aromatic carbocycles. The van der Waals surface area contributed by atoms with Gasteiger partial charge in [-0.1, -0.05) is 37.5 Å². The van der Waals surface area contributed by atoms with Gasteiger partial charge in [-0.3, -0.25) is 0 Å². The second-order valence-corrected chi connectivity index (χ2v) is 6.32. The van der Waals surface area contributed by atoms with E-state index in [2.05, 4.69) is 44.3 Å². The molecule has 21 heavy (non-hydrogen) atoms. The zero-order valence-electron chi connectivity index (χ0n) is 12.3. The van der Waals surface area contributed by atoms with Crippen LogP contribution in [0.4, 0.5) is 5.69 Å². The largest absolute Gasteiger partial charge is 0.384 e. The molecule has 1 fully saturated rings. The molecule has 0 amide bonds. The highest BCUT2D eigenvalue weighted by atomic mass is 15.3. The fourth-order valence-electron chi connectivity index (χ4n) is 3.84. The summed E-state index contributed by atoms with van der Waals surface area (Å²) in [7, 11) is 0. The van der Waals surface area contributed by atoms with E-state index in [1.807, 2.05) is 6.33 Å². The lowest BCUT2D eigenvalue weighted by Crippen LogP contribution is -2.17. The number of rotatable bonds is 3. The molecule has 1 saturated carbocycles. The van der Waals surface area contributed by atoms with Crippen molar-refractivity contribution in [3.63, 3.8) is 0 Å². The Morgan fingerprint density at radius 1 is 1.14 bits per heavy atom. The van der Waals surface area contributed by atoms with Crippen molar-refractivity contribution < 1.29 is 0 Å². The minimum atomic E-state index is 0.521. The van der Waals surface area contributed by atoms with Crippen LogP contribution in [0.2, 0.25) is 0 Å². The Bertz CT molecular complexity index is 613. The van der Waals surface area contributed by atoms with Crippen LogP contribution in [0.1, 0.15) is 55.5 Å². The van der Waals surface area contributed by atoms with Crippen molar-refractivity contribution in [3.05, 3.63) is 42.0 Å². The standard InChI is InChI=1S/C17H22N4/c1-2-6-14(7-3-1)21-12-19-20-17(21)10-13-11-18-16-9-5-4-8-15(13)16/h4-5,8-9,12-14,18H,1-3,6-7,10-11H2. The third-order valence-corrected chi connectivity index (χ3v) is 4.98. The van der Waals surface area contributed by atoms with Gasteiger partial charge in [0.05, 0.1) is 0 Å². The van der Waals surface area contributed by atoms with Gasteiger partial charge in [0.1, 0.15) is 12.2 Å². The molecular weight excluding hydrogens is 260 g/mol. The number of nitrogens with zero attached hydrogens (tertiary/aromatic N) is 3. The van der Waals surface area contributed by atoms with Crippen LogP contribution >= 0.6 is 0 Å². The minimum absolute atomic E-state index is 0.521. The summed E-state index contributed by atoms with van der Waals surface area (Å²) in [4.78, 5) is 0. The maximum Gasteiger partial charge on any atom is 0.133 e. The summed E-state index contributed by atoms with van der Waals surface area (Å²) in [5.74, 6) is 1.68. The molecule has 0 bridgehead atoms. The molecule has 0 spiro atoms. The molecular formula is C17H22N4. The van der Waals surface area contributed by atoms with Gasteiger partial charge in [-0.25, -0.2) is 0 Å². The lowest BCUT2D eigenvalue weighted by molar-refractivity contribution is 0.343. The quantitative estimate of drug-likeness (QED) is 0.936. The van der Waals surface area contributed by atoms with Crippen LogP contribution in [0.5, 0.6) is 0 Å². The summed E-state index contributed by atoms with van der Waals surface area (Å²) in [6.45, 7) is 1.01. The molecule has 4 heteroatoms. The maximum absolute atomic E-state index is 4.41. The normalized spacial score (nSPS) is 22.0. The molecule has 0 saturated heterocycles. The third-order valence-electron chi connectivity index (χ3n) is 4.98. The second kappa shape index (κ2) is 5.51. The molecule has 2 heterocycles. The van der Waals surface area contributed by atoms with Crippen LogP contribution < -0.4 is 5.32 Å². The Balaban J connectivity index is 1.55. The summed E-state index contributed by atoms with van der Waals surface area (Å²) < 4.78 is 2.35. The zero-order valence-corrected chi connectivity index (χ0v) is 12.3. The Morgan fingerprint density at radius 3 is 2.90 bits per heavy atom. The van der Waals surface area contributed by atoms with Crippen molar-refractivity contribution >= 4 is 5.69 Å². The minimum Gasteiger partial charge on any atom is -0.384 e. The van der Waals surface area contributed by atoms with E-state index < -0.39 is 0 Å². The van der Waals surface area contributed by atoms with Gasteiger partial charge in [0.25, 0.3) is 0 Å². The van der Waals surface area contributed by atoms with Crippen molar-refractivity contribution in [2.75, 3.05) is 11.9 Å². The van der Waals surface area contributed by atoms with E-state index in [0.29, 0.717) is 12.0 Å². The van der Waals surface area contributed by atoms with Crippen LogP contribution in [-0.2, 0) is 6.42 Å². The molecule has 1 atom stereocenters. The Labute approximate surface area is 125 Å². The van der Waals surface area contributed by atoms with Gasteiger partial charge in [-0.05, 0) is 24.5 Å². The predicted molar refractivity (Wildman–Crippen MR) is 83.5 cm³/mol. The van der Waals surface area contributed by atoms with Crippen molar-refractivity contribution in [2.24, 2.45) is 0 Å². The van der Waals surface area contributed by atoms with Crippen LogP contribution in [0.3, 0.4) is 0 Å². The average Bonchev–Trinajstić information content (AvgIpc) is 3.16. The molecule has 1 unspecified atom stereocenters. The van der Waals surface area contributed by atoms with Gasteiger partial charge >= 0.3 is 0 Å². The lowest BCUT2D eigenvalue weighted by Gasteiger charge is -2.24. The molecule has 1 aliphatic heterocycles. The number of benzene rings is 1. The first kappa shape index (κ1) is 12.9. The van der Waals surface area contributed by atoms with Crippen LogP contribution in [0.15, 0.2) is 30.6 Å². The predicted octanol–water partition coefficient (Wildman–Crippen LogP) is 3.54. The highest BCUT2D eigenvalue weighted by molar-refractivity contribution is 5.57. The highest BCUT2D eigenvalue weighted by Crippen LogP contribution is 2.34. The molecule has 1 aliphatic carbocycles. The van der Waals surface area contributed by atoms with Gasteiger partial charge in [0, 0.05) is 30.6 Å². The molecule has 2 aliphatic rings. The van der Waals surface area contributed by atoms with E-state index in [1.165, 1.54) is 43.4 Å². The van der Waals surface area contributed by atoms with Gasteiger partial charge in [0.15, 0.2) is 0 Å². The first-order valence-corrected chi connectivity index (χ1v) is 8.13. The van der Waals surface area contributed by atoms with Crippen molar-refractivity contribution in [1.82, 2.24) is 14.8 Å². The highest BCUT2D eigenvalue weighted by Gasteiger charge is 2.25. The lowest BCUT2D eigenvalue weighted by atomic mass is 9.94. The summed E-state index contributed by atoms with van der Waals surface area (Å²) in [5, 5.41) is 12.1. The summed E-state index contributed by atoms with van der Waals surface area (Å²) in [6.07, 6.45) is 9.56. The number of nitrogens with one attached hydrogen (secondary N) is 1. The van der Waals surface area contributed by atoms with Crippen LogP contribution in [-0.4, -0.2) is 21.3 Å². The second-order valence-electron chi connectivity index (χ2n) is 6.32. The fourth-order valence-corrected chi connectivity index (χ4v) is 3.84. The molecule has 2 aromatic rings. The number of aromatic nitrogens is 3. The average molecular weight is 282 g/mol. The smallest absolute Gasteiger partial charge is 0.133 e. The molecule has 110 valence electrons. The van der Waals surface area contributed by atoms with Crippen molar-refractivity contribution in [1.29, 1.82) is 0 Å². The fraction of sp³-hybridized carbons (Fsp3) is 0.529. The molecule has 4 nitrogen and oxygen atoms in total. The van der Waals surface area contributed by atoms with Crippen LogP contribution in [0, 0.1) is 0 Å². The van der Waals surface area contributed by atoms with E-state index in [1.54, 1.807) is 0 Å². The molecule has 4 rings (SSSR count). The number of para-hydroxylation sites is 1. The van der Waals surface area contributed by atoms with Gasteiger partial charge in [-0.15, -0.1) is 10.2 Å². The Morgan fingerprint density at radius 2 is 2.00 bits per heavy atom. The number of hydrogen-bond donors (Lipinski definition) is 1. The van der Waals surface area contributed by atoms with Crippen molar-refractivity contribution in [2.45, 2.75) is 50.5 Å². The molecule has 0 radical (unpaired) electrons. The number of anilines is 1. The van der Waals surface area contributed by atoms with E-state index in [0.717, 1.165) is 18.8 Å². The third kappa shape index (κ3) is 2.43. The van der Waals surface area contributed by atoms with E-state index in [-0.39, 0.29) is 0 Å². The first-order valence-electron chi connectivity index (χ1n) is 8.13. The van der Waals surface area contributed by atoms with E-state index >= 15 is 0 Å². The zero-order chi connectivity index (χ0) is 14.1. The summed E-state index contributed by atoms with van der Waals surface area (Å²) >= 11 is 0. The Kier molecular flexibility index (Phi) is 3.37. The number of hydrogen-bond acceptors (Lipinski definition) is 3. The summed E-state index contributed by atoms with van der Waals surface area (Å²) in [6, 6.07) is 9.25. The molecule has 1 aromatic heterocycles. The van der Waals surface area contributed by atoms with Gasteiger partial charge in [-0.2, -0.15) is 0 Å². The SMILES string of the molecule is c1ccc2c(c1)NCC2Cc1nncn1C1CCCCC1. The molecule has 1 N–H and O–H groups in total. The Hall–Kier alpha value is -1.84. The number of fused-ring (bicyclic) bond motifs is 1. The topological polar surface area (TPSA) is 42.7 Å². The van der Waals surface area contributed by atoms with Gasteiger partial charge < -0.3 is 9.88 Å². The van der Waals surface area contributed by atoms with Gasteiger partial charge in [0.2, 0.25) is 0 Å². The summed E-state index contributed by atoms with van der Waals surface area (Å²) in [5.41, 5.74) is 2.71. The maximum atomic E-state index is 4.41. The van der Waals surface area contributed by atoms with Crippen molar-refractivity contribution in [3.8, 4) is 0 Å². The van der Waals surface area contributed by atoms with E-state index in [4.69, 9.17) is 0 Å². The van der Waals surface area contributed by atoms with E-state index in [9.17, 15) is 0 Å².